The molecule has 0 aliphatic heterocycles. The van der Waals surface area contributed by atoms with Gasteiger partial charge < -0.3 is 14.8 Å². The topological polar surface area (TPSA) is 71.3 Å². The van der Waals surface area contributed by atoms with E-state index in [1.165, 1.54) is 18.2 Å². The quantitative estimate of drug-likeness (QED) is 0.790. The fourth-order valence-electron chi connectivity index (χ4n) is 2.47. The summed E-state index contributed by atoms with van der Waals surface area (Å²) in [7, 11) is 1.49. The molecule has 0 heterocycles. The standard InChI is InChI=1S/C21H24N2O3/c1-15(2)18-7-4-16(5-8-18)10-11-23-21(24)14-26-19-9-6-17(13-22)12-20(19)25-3/h4-9,12,15H,10-11,14H2,1-3H3,(H,23,24). The number of carbonyl (C=O) groups excluding carboxylic acids is 1. The summed E-state index contributed by atoms with van der Waals surface area (Å²) in [6.07, 6.45) is 0.768. The van der Waals surface area contributed by atoms with Crippen molar-refractivity contribution < 1.29 is 14.3 Å². The molecule has 26 heavy (non-hydrogen) atoms. The highest BCUT2D eigenvalue weighted by molar-refractivity contribution is 5.77. The lowest BCUT2D eigenvalue weighted by Gasteiger charge is -2.11. The molecule has 0 aliphatic carbocycles. The second-order valence-electron chi connectivity index (χ2n) is 6.26. The van der Waals surface area contributed by atoms with E-state index in [9.17, 15) is 4.79 Å². The number of carbonyl (C=O) groups is 1. The van der Waals surface area contributed by atoms with Crippen molar-refractivity contribution in [2.75, 3.05) is 20.3 Å². The van der Waals surface area contributed by atoms with Gasteiger partial charge in [0, 0.05) is 12.6 Å². The van der Waals surface area contributed by atoms with Crippen molar-refractivity contribution in [3.05, 3.63) is 59.2 Å². The van der Waals surface area contributed by atoms with E-state index in [2.05, 4.69) is 43.4 Å². The molecule has 0 saturated heterocycles. The van der Waals surface area contributed by atoms with Gasteiger partial charge in [-0.2, -0.15) is 5.26 Å². The van der Waals surface area contributed by atoms with Gasteiger partial charge in [-0.3, -0.25) is 4.79 Å². The van der Waals surface area contributed by atoms with Gasteiger partial charge in [-0.15, -0.1) is 0 Å². The number of ether oxygens (including phenoxy) is 2. The smallest absolute Gasteiger partial charge is 0.257 e. The Morgan fingerprint density at radius 3 is 2.50 bits per heavy atom. The first-order valence-electron chi connectivity index (χ1n) is 8.60. The van der Waals surface area contributed by atoms with Gasteiger partial charge in [0.15, 0.2) is 18.1 Å². The molecule has 136 valence electrons. The van der Waals surface area contributed by atoms with Crippen LogP contribution < -0.4 is 14.8 Å². The van der Waals surface area contributed by atoms with Gasteiger partial charge in [-0.1, -0.05) is 38.1 Å². The van der Waals surface area contributed by atoms with Crippen LogP contribution in [0.1, 0.15) is 36.5 Å². The fraction of sp³-hybridized carbons (Fsp3) is 0.333. The Bertz CT molecular complexity index is 777. The Hall–Kier alpha value is -3.00. The Balaban J connectivity index is 1.78. The number of hydrogen-bond acceptors (Lipinski definition) is 4. The summed E-state index contributed by atoms with van der Waals surface area (Å²) in [5.74, 6) is 1.18. The molecule has 0 aromatic heterocycles. The predicted octanol–water partition coefficient (Wildman–Crippen LogP) is 3.43. The van der Waals surface area contributed by atoms with E-state index < -0.39 is 0 Å². The first-order valence-corrected chi connectivity index (χ1v) is 8.60. The fourth-order valence-corrected chi connectivity index (χ4v) is 2.47. The second-order valence-corrected chi connectivity index (χ2v) is 6.26. The molecule has 0 bridgehead atoms. The van der Waals surface area contributed by atoms with Crippen molar-refractivity contribution >= 4 is 5.91 Å². The summed E-state index contributed by atoms with van der Waals surface area (Å²) in [6, 6.07) is 15.3. The van der Waals surface area contributed by atoms with E-state index in [4.69, 9.17) is 14.7 Å². The predicted molar refractivity (Wildman–Crippen MR) is 100 cm³/mol. The van der Waals surface area contributed by atoms with Crippen LogP contribution in [-0.4, -0.2) is 26.2 Å². The molecule has 0 radical (unpaired) electrons. The zero-order valence-electron chi connectivity index (χ0n) is 15.4. The number of nitrogens with one attached hydrogen (secondary N) is 1. The zero-order chi connectivity index (χ0) is 18.9. The number of nitrogens with zero attached hydrogens (tertiary/aromatic N) is 1. The maximum atomic E-state index is 11.9. The maximum Gasteiger partial charge on any atom is 0.257 e. The number of rotatable bonds is 8. The van der Waals surface area contributed by atoms with Gasteiger partial charge >= 0.3 is 0 Å². The van der Waals surface area contributed by atoms with Gasteiger partial charge in [0.1, 0.15) is 0 Å². The Kier molecular flexibility index (Phi) is 7.04. The zero-order valence-corrected chi connectivity index (χ0v) is 15.4. The normalized spacial score (nSPS) is 10.3. The van der Waals surface area contributed by atoms with E-state index in [0.29, 0.717) is 29.5 Å². The van der Waals surface area contributed by atoms with Crippen LogP contribution in [0.4, 0.5) is 0 Å². The monoisotopic (exact) mass is 352 g/mol. The van der Waals surface area contributed by atoms with E-state index in [0.717, 1.165) is 6.42 Å². The van der Waals surface area contributed by atoms with Crippen LogP contribution in [0, 0.1) is 11.3 Å². The molecule has 5 heteroatoms. The Morgan fingerprint density at radius 1 is 1.15 bits per heavy atom. The number of hydrogen-bond donors (Lipinski definition) is 1. The molecule has 0 atom stereocenters. The van der Waals surface area contributed by atoms with Gasteiger partial charge in [0.2, 0.25) is 0 Å². The Labute approximate surface area is 154 Å². The highest BCUT2D eigenvalue weighted by Gasteiger charge is 2.08. The first kappa shape index (κ1) is 19.3. The minimum Gasteiger partial charge on any atom is -0.493 e. The number of amides is 1. The number of benzene rings is 2. The molecular weight excluding hydrogens is 328 g/mol. The largest absolute Gasteiger partial charge is 0.493 e. The van der Waals surface area contributed by atoms with Crippen LogP contribution in [0.3, 0.4) is 0 Å². The van der Waals surface area contributed by atoms with E-state index in [1.54, 1.807) is 18.2 Å². The molecule has 0 aliphatic rings. The van der Waals surface area contributed by atoms with Crippen molar-refractivity contribution in [2.24, 2.45) is 0 Å². The Morgan fingerprint density at radius 2 is 1.88 bits per heavy atom. The van der Waals surface area contributed by atoms with Crippen molar-refractivity contribution in [2.45, 2.75) is 26.2 Å². The highest BCUT2D eigenvalue weighted by Crippen LogP contribution is 2.27. The van der Waals surface area contributed by atoms with Crippen LogP contribution in [-0.2, 0) is 11.2 Å². The maximum absolute atomic E-state index is 11.9. The number of nitriles is 1. The lowest BCUT2D eigenvalue weighted by atomic mass is 10.0. The first-order chi connectivity index (χ1) is 12.5. The van der Waals surface area contributed by atoms with Crippen molar-refractivity contribution in [1.82, 2.24) is 5.32 Å². The molecule has 1 N–H and O–H groups in total. The van der Waals surface area contributed by atoms with Gasteiger partial charge in [0.05, 0.1) is 18.7 Å². The summed E-state index contributed by atoms with van der Waals surface area (Å²) < 4.78 is 10.7. The molecule has 2 rings (SSSR count). The van der Waals surface area contributed by atoms with E-state index in [-0.39, 0.29) is 12.5 Å². The third kappa shape index (κ3) is 5.52. The van der Waals surface area contributed by atoms with E-state index in [1.807, 2.05) is 6.07 Å². The lowest BCUT2D eigenvalue weighted by molar-refractivity contribution is -0.123. The molecule has 0 saturated carbocycles. The summed E-state index contributed by atoms with van der Waals surface area (Å²) in [5.41, 5.74) is 2.97. The molecule has 2 aromatic rings. The van der Waals surface area contributed by atoms with Crippen molar-refractivity contribution in [3.63, 3.8) is 0 Å². The summed E-state index contributed by atoms with van der Waals surface area (Å²) in [5, 5.41) is 11.7. The summed E-state index contributed by atoms with van der Waals surface area (Å²) in [4.78, 5) is 11.9. The van der Waals surface area contributed by atoms with Crippen LogP contribution in [0.2, 0.25) is 0 Å². The van der Waals surface area contributed by atoms with Crippen LogP contribution in [0.15, 0.2) is 42.5 Å². The highest BCUT2D eigenvalue weighted by atomic mass is 16.5. The third-order valence-corrected chi connectivity index (χ3v) is 4.03. The van der Waals surface area contributed by atoms with Crippen LogP contribution >= 0.6 is 0 Å². The second kappa shape index (κ2) is 9.47. The minimum absolute atomic E-state index is 0.103. The van der Waals surface area contributed by atoms with Gasteiger partial charge in [0.25, 0.3) is 5.91 Å². The average Bonchev–Trinajstić information content (AvgIpc) is 2.66. The summed E-state index contributed by atoms with van der Waals surface area (Å²) in [6.45, 7) is 4.78. The number of methoxy groups -OCH3 is 1. The van der Waals surface area contributed by atoms with Crippen LogP contribution in [0.25, 0.3) is 0 Å². The third-order valence-electron chi connectivity index (χ3n) is 4.03. The molecule has 0 unspecified atom stereocenters. The molecule has 1 amide bonds. The molecule has 5 nitrogen and oxygen atoms in total. The van der Waals surface area contributed by atoms with E-state index >= 15 is 0 Å². The molecule has 0 spiro atoms. The van der Waals surface area contributed by atoms with Gasteiger partial charge in [-0.25, -0.2) is 0 Å². The molecule has 0 fully saturated rings. The molecule has 2 aromatic carbocycles. The summed E-state index contributed by atoms with van der Waals surface area (Å²) >= 11 is 0. The lowest BCUT2D eigenvalue weighted by Crippen LogP contribution is -2.30. The van der Waals surface area contributed by atoms with Crippen molar-refractivity contribution in [1.29, 1.82) is 5.26 Å². The average molecular weight is 352 g/mol. The minimum atomic E-state index is -0.199. The van der Waals surface area contributed by atoms with Crippen molar-refractivity contribution in [3.8, 4) is 17.6 Å². The van der Waals surface area contributed by atoms with Gasteiger partial charge in [-0.05, 0) is 35.6 Å². The molecular formula is C21H24N2O3. The SMILES string of the molecule is COc1cc(C#N)ccc1OCC(=O)NCCc1ccc(C(C)C)cc1. The van der Waals surface area contributed by atoms with Crippen LogP contribution in [0.5, 0.6) is 11.5 Å².